The number of aromatic nitrogens is 3. The van der Waals surface area contributed by atoms with Gasteiger partial charge in [-0.25, -0.2) is 15.0 Å². The summed E-state index contributed by atoms with van der Waals surface area (Å²) in [4.78, 5) is 27.8. The van der Waals surface area contributed by atoms with Crippen molar-refractivity contribution >= 4 is 55.7 Å². The molecule has 4 aromatic rings. The van der Waals surface area contributed by atoms with Gasteiger partial charge in [-0.3, -0.25) is 4.79 Å². The Hall–Kier alpha value is -2.49. The Morgan fingerprint density at radius 1 is 1.21 bits per heavy atom. The molecule has 0 fully saturated rings. The van der Waals surface area contributed by atoms with E-state index in [4.69, 9.17) is 4.74 Å². The van der Waals surface area contributed by atoms with E-state index in [2.05, 4.69) is 34.1 Å². The van der Waals surface area contributed by atoms with Crippen LogP contribution >= 0.6 is 34.4 Å². The molecule has 1 N–H and O–H groups in total. The highest BCUT2D eigenvalue weighted by atomic mass is 32.2. The third kappa shape index (κ3) is 4.26. The van der Waals surface area contributed by atoms with Gasteiger partial charge in [0, 0.05) is 21.2 Å². The first-order valence-corrected chi connectivity index (χ1v) is 11.5. The summed E-state index contributed by atoms with van der Waals surface area (Å²) in [5.41, 5.74) is 2.98. The van der Waals surface area contributed by atoms with Crippen LogP contribution in [0.5, 0.6) is 5.75 Å². The van der Waals surface area contributed by atoms with Gasteiger partial charge in [0.25, 0.3) is 0 Å². The molecule has 0 radical (unpaired) electrons. The van der Waals surface area contributed by atoms with E-state index >= 15 is 0 Å². The van der Waals surface area contributed by atoms with Crippen LogP contribution in [0.3, 0.4) is 0 Å². The quantitative estimate of drug-likeness (QED) is 0.328. The van der Waals surface area contributed by atoms with Crippen molar-refractivity contribution < 1.29 is 9.53 Å². The molecule has 3 aromatic heterocycles. The van der Waals surface area contributed by atoms with Gasteiger partial charge in [-0.15, -0.1) is 22.7 Å². The molecule has 0 aliphatic rings. The van der Waals surface area contributed by atoms with Crippen LogP contribution in [0.4, 0.5) is 5.13 Å². The monoisotopic (exact) mass is 442 g/mol. The van der Waals surface area contributed by atoms with Crippen LogP contribution in [0.15, 0.2) is 41.0 Å². The van der Waals surface area contributed by atoms with Crippen LogP contribution in [-0.4, -0.2) is 33.7 Å². The van der Waals surface area contributed by atoms with Gasteiger partial charge in [0.1, 0.15) is 21.9 Å². The highest BCUT2D eigenvalue weighted by Gasteiger charge is 2.14. The number of hydrogen-bond donors (Lipinski definition) is 1. The molecule has 6 nitrogen and oxygen atoms in total. The summed E-state index contributed by atoms with van der Waals surface area (Å²) in [7, 11) is 1.64. The summed E-state index contributed by atoms with van der Waals surface area (Å²) >= 11 is 4.48. The number of benzene rings is 1. The van der Waals surface area contributed by atoms with E-state index in [9.17, 15) is 4.79 Å². The molecule has 0 spiro atoms. The van der Waals surface area contributed by atoms with Gasteiger partial charge < -0.3 is 10.1 Å². The van der Waals surface area contributed by atoms with Crippen LogP contribution in [0.2, 0.25) is 0 Å². The molecular formula is C20H18N4O2S3. The topological polar surface area (TPSA) is 77.0 Å². The van der Waals surface area contributed by atoms with Gasteiger partial charge in [0.2, 0.25) is 5.91 Å². The van der Waals surface area contributed by atoms with Crippen molar-refractivity contribution in [3.05, 3.63) is 46.4 Å². The number of amides is 1. The molecule has 1 amide bonds. The number of thiophene rings is 1. The molecule has 148 valence electrons. The number of thioether (sulfide) groups is 1. The number of thiazole rings is 1. The number of methoxy groups -OCH3 is 1. The van der Waals surface area contributed by atoms with Gasteiger partial charge in [0.15, 0.2) is 5.13 Å². The van der Waals surface area contributed by atoms with Gasteiger partial charge in [-0.2, -0.15) is 0 Å². The molecule has 0 aliphatic heterocycles. The summed E-state index contributed by atoms with van der Waals surface area (Å²) < 4.78 is 5.18. The third-order valence-electron chi connectivity index (χ3n) is 4.41. The number of fused-ring (bicyclic) bond motifs is 1. The van der Waals surface area contributed by atoms with Gasteiger partial charge in [0.05, 0.1) is 18.6 Å². The zero-order valence-electron chi connectivity index (χ0n) is 16.1. The summed E-state index contributed by atoms with van der Waals surface area (Å²) in [5, 5.41) is 7.27. The fraction of sp³-hybridized carbons (Fsp3) is 0.200. The zero-order chi connectivity index (χ0) is 20.4. The highest BCUT2D eigenvalue weighted by Crippen LogP contribution is 2.34. The van der Waals surface area contributed by atoms with Crippen molar-refractivity contribution in [1.82, 2.24) is 15.0 Å². The first kappa shape index (κ1) is 19.8. The lowest BCUT2D eigenvalue weighted by atomic mass is 10.2. The summed E-state index contributed by atoms with van der Waals surface area (Å²) in [6, 6.07) is 7.67. The third-order valence-corrected chi connectivity index (χ3v) is 7.27. The van der Waals surface area contributed by atoms with Crippen LogP contribution in [0.25, 0.3) is 21.5 Å². The number of carbonyl (C=O) groups excluding carboxylic acids is 1. The largest absolute Gasteiger partial charge is 0.497 e. The maximum Gasteiger partial charge on any atom is 0.236 e. The molecule has 0 bridgehead atoms. The number of hydrogen-bond acceptors (Lipinski definition) is 8. The van der Waals surface area contributed by atoms with Crippen LogP contribution < -0.4 is 10.1 Å². The van der Waals surface area contributed by atoms with E-state index in [0.717, 1.165) is 32.2 Å². The maximum absolute atomic E-state index is 12.4. The number of aryl methyl sites for hydroxylation is 2. The van der Waals surface area contributed by atoms with Gasteiger partial charge >= 0.3 is 0 Å². The number of ether oxygens (including phenoxy) is 1. The molecular weight excluding hydrogens is 424 g/mol. The number of rotatable bonds is 6. The average molecular weight is 443 g/mol. The SMILES string of the molecule is COc1ccc(-c2csc(NC(=O)CSc3ncnc4sc(C)c(C)c34)n2)cc1. The zero-order valence-corrected chi connectivity index (χ0v) is 18.5. The van der Waals surface area contributed by atoms with Crippen molar-refractivity contribution in [3.63, 3.8) is 0 Å². The Bertz CT molecular complexity index is 1170. The molecule has 0 saturated heterocycles. The van der Waals surface area contributed by atoms with Crippen molar-refractivity contribution in [2.45, 2.75) is 18.9 Å². The molecule has 1 aromatic carbocycles. The Kier molecular flexibility index (Phi) is 5.79. The second-order valence-electron chi connectivity index (χ2n) is 6.25. The first-order chi connectivity index (χ1) is 14.0. The molecule has 0 aliphatic carbocycles. The minimum Gasteiger partial charge on any atom is -0.497 e. The molecule has 4 rings (SSSR count). The second-order valence-corrected chi connectivity index (χ2v) is 9.27. The van der Waals surface area contributed by atoms with E-state index in [1.54, 1.807) is 24.8 Å². The van der Waals surface area contributed by atoms with Crippen molar-refractivity contribution in [2.75, 3.05) is 18.2 Å². The molecule has 29 heavy (non-hydrogen) atoms. The predicted octanol–water partition coefficient (Wildman–Crippen LogP) is 5.17. The minimum atomic E-state index is -0.109. The predicted molar refractivity (Wildman–Crippen MR) is 120 cm³/mol. The Morgan fingerprint density at radius 3 is 2.76 bits per heavy atom. The lowest BCUT2D eigenvalue weighted by Crippen LogP contribution is -2.14. The normalized spacial score (nSPS) is 11.0. The summed E-state index contributed by atoms with van der Waals surface area (Å²) in [6.07, 6.45) is 1.56. The summed E-state index contributed by atoms with van der Waals surface area (Å²) in [5.74, 6) is 0.948. The lowest BCUT2D eigenvalue weighted by molar-refractivity contribution is -0.113. The lowest BCUT2D eigenvalue weighted by Gasteiger charge is -2.04. The number of carbonyl (C=O) groups is 1. The van der Waals surface area contributed by atoms with Crippen LogP contribution in [0, 0.1) is 13.8 Å². The van der Waals surface area contributed by atoms with E-state index in [-0.39, 0.29) is 11.7 Å². The standard InChI is InChI=1S/C20H18N4O2S3/c1-11-12(2)29-19-17(11)18(21-10-22-19)27-9-16(25)24-20-23-15(8-28-20)13-4-6-14(26-3)7-5-13/h4-8,10H,9H2,1-3H3,(H,23,24,25). The molecule has 0 saturated carbocycles. The molecule has 3 heterocycles. The van der Waals surface area contributed by atoms with Crippen molar-refractivity contribution in [1.29, 1.82) is 0 Å². The molecule has 0 atom stereocenters. The minimum absolute atomic E-state index is 0.109. The Labute approximate surface area is 180 Å². The van der Waals surface area contributed by atoms with Crippen molar-refractivity contribution in [3.8, 4) is 17.0 Å². The molecule has 0 unspecified atom stereocenters. The van der Waals surface area contributed by atoms with Gasteiger partial charge in [-0.05, 0) is 43.7 Å². The number of anilines is 1. The number of nitrogens with zero attached hydrogens (tertiary/aromatic N) is 3. The summed E-state index contributed by atoms with van der Waals surface area (Å²) in [6.45, 7) is 4.14. The Morgan fingerprint density at radius 2 is 2.00 bits per heavy atom. The average Bonchev–Trinajstić information content (AvgIpc) is 3.31. The van der Waals surface area contributed by atoms with E-state index in [1.165, 1.54) is 33.5 Å². The van der Waals surface area contributed by atoms with Crippen molar-refractivity contribution in [2.24, 2.45) is 0 Å². The fourth-order valence-electron chi connectivity index (χ4n) is 2.77. The Balaban J connectivity index is 1.41. The number of nitrogens with one attached hydrogen (secondary N) is 1. The van der Waals surface area contributed by atoms with E-state index < -0.39 is 0 Å². The van der Waals surface area contributed by atoms with E-state index in [0.29, 0.717) is 5.13 Å². The second kappa shape index (κ2) is 8.48. The smallest absolute Gasteiger partial charge is 0.236 e. The van der Waals surface area contributed by atoms with Gasteiger partial charge in [-0.1, -0.05) is 11.8 Å². The fourth-order valence-corrected chi connectivity index (χ4v) is 5.43. The first-order valence-electron chi connectivity index (χ1n) is 8.78. The highest BCUT2D eigenvalue weighted by molar-refractivity contribution is 8.00. The van der Waals surface area contributed by atoms with Crippen LogP contribution in [0.1, 0.15) is 10.4 Å². The maximum atomic E-state index is 12.4. The van der Waals surface area contributed by atoms with E-state index in [1.807, 2.05) is 29.6 Å². The van der Waals surface area contributed by atoms with Crippen LogP contribution in [-0.2, 0) is 4.79 Å². The molecule has 9 heteroatoms.